The minimum Gasteiger partial charge on any atom is -0.497 e. The molecule has 152 valence electrons. The lowest BCUT2D eigenvalue weighted by atomic mass is 9.85. The zero-order valence-electron chi connectivity index (χ0n) is 16.1. The van der Waals surface area contributed by atoms with E-state index in [2.05, 4.69) is 5.32 Å². The van der Waals surface area contributed by atoms with Crippen molar-refractivity contribution in [3.8, 4) is 10.9 Å². The Hall–Kier alpha value is -2.61. The minimum absolute atomic E-state index is 0.118. The maximum absolute atomic E-state index is 12.6. The van der Waals surface area contributed by atoms with Gasteiger partial charge in [0.25, 0.3) is 0 Å². The molecule has 6 nitrogen and oxygen atoms in total. The fourth-order valence-corrected chi connectivity index (χ4v) is 5.50. The molecule has 0 saturated carbocycles. The molecule has 0 fully saturated rings. The third-order valence-electron chi connectivity index (χ3n) is 5.22. The number of aryl methyl sites for hydroxylation is 1. The summed E-state index contributed by atoms with van der Waals surface area (Å²) in [6.07, 6.45) is 0.250. The predicted molar refractivity (Wildman–Crippen MR) is 120 cm³/mol. The van der Waals surface area contributed by atoms with E-state index in [1.807, 2.05) is 25.1 Å². The molecule has 3 heterocycles. The summed E-state index contributed by atoms with van der Waals surface area (Å²) in [5, 5.41) is 9.40. The molecule has 4 aromatic rings. The number of hydrogen-bond donors (Lipinski definition) is 1. The molecule has 1 aliphatic rings. The van der Waals surface area contributed by atoms with Gasteiger partial charge in [-0.2, -0.15) is 9.78 Å². The Morgan fingerprint density at radius 2 is 1.97 bits per heavy atom. The second kappa shape index (κ2) is 7.27. The largest absolute Gasteiger partial charge is 0.497 e. The van der Waals surface area contributed by atoms with E-state index in [1.165, 1.54) is 11.3 Å². The van der Waals surface area contributed by atoms with E-state index in [9.17, 15) is 4.79 Å². The van der Waals surface area contributed by atoms with Crippen LogP contribution in [0.3, 0.4) is 0 Å². The van der Waals surface area contributed by atoms with Crippen molar-refractivity contribution in [3.63, 3.8) is 0 Å². The quantitative estimate of drug-likeness (QED) is 0.434. The second-order valence-corrected chi connectivity index (χ2v) is 8.85. The first-order chi connectivity index (χ1) is 14.5. The van der Waals surface area contributed by atoms with Crippen LogP contribution in [0, 0.1) is 6.92 Å². The van der Waals surface area contributed by atoms with Gasteiger partial charge in [0, 0.05) is 27.9 Å². The van der Waals surface area contributed by atoms with Gasteiger partial charge in [-0.15, -0.1) is 0 Å². The summed E-state index contributed by atoms with van der Waals surface area (Å²) in [4.78, 5) is 17.3. The Labute approximate surface area is 186 Å². The molecule has 9 heteroatoms. The fourth-order valence-electron chi connectivity index (χ4n) is 3.89. The molecular formula is C21H16Cl2N4O2S. The lowest BCUT2D eigenvalue weighted by Crippen LogP contribution is -2.25. The Kier molecular flexibility index (Phi) is 4.69. The van der Waals surface area contributed by atoms with Gasteiger partial charge in [-0.05, 0) is 42.8 Å². The van der Waals surface area contributed by atoms with Crippen LogP contribution in [0.25, 0.3) is 15.3 Å². The Morgan fingerprint density at radius 1 is 1.20 bits per heavy atom. The van der Waals surface area contributed by atoms with E-state index >= 15 is 0 Å². The van der Waals surface area contributed by atoms with Crippen LogP contribution in [0.4, 0.5) is 5.82 Å². The standard InChI is InChI=1S/C21H16Cl2N4O2S/c1-10-18-12(19-13(22)4-3-5-14(19)23)9-17(28)25-20(18)27(26-10)21-24-15-7-6-11(29-2)8-16(15)30-21/h3-8,12H,9H2,1-2H3,(H,25,28). The van der Waals surface area contributed by atoms with Crippen molar-refractivity contribution in [1.82, 2.24) is 14.8 Å². The first kappa shape index (κ1) is 19.4. The molecule has 1 aliphatic heterocycles. The molecule has 2 aromatic carbocycles. The predicted octanol–water partition coefficient (Wildman–Crippen LogP) is 5.58. The van der Waals surface area contributed by atoms with E-state index < -0.39 is 0 Å². The third-order valence-corrected chi connectivity index (χ3v) is 6.87. The molecule has 0 saturated heterocycles. The number of carbonyl (C=O) groups excluding carboxylic acids is 1. The third kappa shape index (κ3) is 3.05. The molecule has 1 atom stereocenters. The van der Waals surface area contributed by atoms with Crippen molar-refractivity contribution in [3.05, 3.63) is 63.3 Å². The number of nitrogens with one attached hydrogen (secondary N) is 1. The highest BCUT2D eigenvalue weighted by molar-refractivity contribution is 7.20. The molecule has 1 amide bonds. The van der Waals surface area contributed by atoms with Gasteiger partial charge < -0.3 is 10.1 Å². The second-order valence-electron chi connectivity index (χ2n) is 7.03. The minimum atomic E-state index is -0.279. The zero-order chi connectivity index (χ0) is 21.0. The lowest BCUT2D eigenvalue weighted by Gasteiger charge is -2.25. The number of ether oxygens (including phenoxy) is 1. The van der Waals surface area contributed by atoms with Crippen molar-refractivity contribution in [2.45, 2.75) is 19.3 Å². The molecule has 0 aliphatic carbocycles. The highest BCUT2D eigenvalue weighted by Crippen LogP contribution is 2.45. The number of benzene rings is 2. The smallest absolute Gasteiger partial charge is 0.226 e. The maximum Gasteiger partial charge on any atom is 0.226 e. The number of methoxy groups -OCH3 is 1. The van der Waals surface area contributed by atoms with Crippen LogP contribution >= 0.6 is 34.5 Å². The van der Waals surface area contributed by atoms with Crippen LogP contribution < -0.4 is 10.1 Å². The number of halogens is 2. The molecular weight excluding hydrogens is 443 g/mol. The van der Waals surface area contributed by atoms with Gasteiger partial charge in [-0.3, -0.25) is 4.79 Å². The van der Waals surface area contributed by atoms with Gasteiger partial charge in [-0.25, -0.2) is 4.98 Å². The van der Waals surface area contributed by atoms with Crippen molar-refractivity contribution >= 4 is 56.5 Å². The lowest BCUT2D eigenvalue weighted by molar-refractivity contribution is -0.116. The summed E-state index contributed by atoms with van der Waals surface area (Å²) in [6.45, 7) is 1.92. The van der Waals surface area contributed by atoms with Crippen LogP contribution in [-0.4, -0.2) is 27.8 Å². The van der Waals surface area contributed by atoms with Crippen molar-refractivity contribution < 1.29 is 9.53 Å². The average Bonchev–Trinajstić information content (AvgIpc) is 3.27. The molecule has 1 unspecified atom stereocenters. The number of hydrogen-bond acceptors (Lipinski definition) is 5. The molecule has 0 bridgehead atoms. The zero-order valence-corrected chi connectivity index (χ0v) is 18.4. The fraction of sp³-hybridized carbons (Fsp3) is 0.190. The summed E-state index contributed by atoms with van der Waals surface area (Å²) in [6, 6.07) is 11.1. The van der Waals surface area contributed by atoms with Gasteiger partial charge in [0.15, 0.2) is 0 Å². The van der Waals surface area contributed by atoms with Gasteiger partial charge in [0.05, 0.1) is 23.0 Å². The first-order valence-electron chi connectivity index (χ1n) is 9.24. The molecule has 1 N–H and O–H groups in total. The number of nitrogens with zero attached hydrogens (tertiary/aromatic N) is 3. The van der Waals surface area contributed by atoms with Gasteiger partial charge in [0.2, 0.25) is 11.0 Å². The molecule has 5 rings (SSSR count). The van der Waals surface area contributed by atoms with E-state index in [1.54, 1.807) is 30.0 Å². The number of fused-ring (bicyclic) bond motifs is 2. The number of rotatable bonds is 3. The highest BCUT2D eigenvalue weighted by Gasteiger charge is 2.35. The normalized spacial score (nSPS) is 15.9. The van der Waals surface area contributed by atoms with Crippen LogP contribution in [0.2, 0.25) is 10.0 Å². The molecule has 30 heavy (non-hydrogen) atoms. The Bertz CT molecular complexity index is 1290. The monoisotopic (exact) mass is 458 g/mol. The molecule has 0 radical (unpaired) electrons. The van der Waals surface area contributed by atoms with Crippen molar-refractivity contribution in [1.29, 1.82) is 0 Å². The summed E-state index contributed by atoms with van der Waals surface area (Å²) in [5.74, 6) is 0.972. The van der Waals surface area contributed by atoms with Crippen LogP contribution in [-0.2, 0) is 4.79 Å². The topological polar surface area (TPSA) is 69.0 Å². The Morgan fingerprint density at radius 3 is 2.70 bits per heavy atom. The summed E-state index contributed by atoms with van der Waals surface area (Å²) >= 11 is 14.4. The van der Waals surface area contributed by atoms with Gasteiger partial charge >= 0.3 is 0 Å². The number of carbonyl (C=O) groups is 1. The SMILES string of the molecule is COc1ccc2nc(-n3nc(C)c4c3NC(=O)CC4c3c(Cl)cccc3Cl)sc2c1. The summed E-state index contributed by atoms with van der Waals surface area (Å²) < 4.78 is 7.97. The molecule has 2 aromatic heterocycles. The summed E-state index contributed by atoms with van der Waals surface area (Å²) in [5.41, 5.74) is 3.28. The number of aromatic nitrogens is 3. The van der Waals surface area contributed by atoms with Crippen LogP contribution in [0.5, 0.6) is 5.75 Å². The van der Waals surface area contributed by atoms with Gasteiger partial charge in [0.1, 0.15) is 11.6 Å². The van der Waals surface area contributed by atoms with E-state index in [0.29, 0.717) is 21.0 Å². The first-order valence-corrected chi connectivity index (χ1v) is 10.8. The van der Waals surface area contributed by atoms with Crippen LogP contribution in [0.15, 0.2) is 36.4 Å². The highest BCUT2D eigenvalue weighted by atomic mass is 35.5. The van der Waals surface area contributed by atoms with Crippen molar-refractivity contribution in [2.24, 2.45) is 0 Å². The number of thiazole rings is 1. The van der Waals surface area contributed by atoms with Crippen LogP contribution in [0.1, 0.15) is 29.2 Å². The van der Waals surface area contributed by atoms with E-state index in [4.69, 9.17) is 38.0 Å². The van der Waals surface area contributed by atoms with Crippen molar-refractivity contribution in [2.75, 3.05) is 12.4 Å². The van der Waals surface area contributed by atoms with E-state index in [-0.39, 0.29) is 18.2 Å². The average molecular weight is 459 g/mol. The number of anilines is 1. The van der Waals surface area contributed by atoms with E-state index in [0.717, 1.165) is 32.8 Å². The Balaban J connectivity index is 1.69. The number of amides is 1. The van der Waals surface area contributed by atoms with Gasteiger partial charge in [-0.1, -0.05) is 40.6 Å². The maximum atomic E-state index is 12.6. The summed E-state index contributed by atoms with van der Waals surface area (Å²) in [7, 11) is 1.63. The molecule has 0 spiro atoms.